The number of rotatable bonds is 5. The first-order valence-corrected chi connectivity index (χ1v) is 4.84. The molecular formula is C9H11NO2S. The summed E-state index contributed by atoms with van der Waals surface area (Å²) in [4.78, 5) is 23.8. The van der Waals surface area contributed by atoms with E-state index < -0.39 is 0 Å². The highest BCUT2D eigenvalue weighted by Crippen LogP contribution is 2.10. The molecule has 1 aromatic heterocycles. The highest BCUT2D eigenvalue weighted by Gasteiger charge is 2.06. The standard InChI is InChI=1S/C9H11NO2S/c1-10(7-11)5-4-8(12)9-3-2-6-13-9/h2-3,6-7H,4-5H2,1H3. The summed E-state index contributed by atoms with van der Waals surface area (Å²) in [5.41, 5.74) is 0. The van der Waals surface area contributed by atoms with Crippen LogP contribution in [0.2, 0.25) is 0 Å². The van der Waals surface area contributed by atoms with Crippen molar-refractivity contribution in [2.24, 2.45) is 0 Å². The Kier molecular flexibility index (Phi) is 3.64. The zero-order valence-corrected chi connectivity index (χ0v) is 8.21. The third kappa shape index (κ3) is 2.99. The second-order valence-electron chi connectivity index (χ2n) is 2.74. The van der Waals surface area contributed by atoms with Crippen molar-refractivity contribution in [1.29, 1.82) is 0 Å². The first-order chi connectivity index (χ1) is 6.24. The van der Waals surface area contributed by atoms with E-state index in [0.717, 1.165) is 11.3 Å². The number of ketones is 1. The van der Waals surface area contributed by atoms with Gasteiger partial charge in [0.1, 0.15) is 0 Å². The van der Waals surface area contributed by atoms with E-state index in [9.17, 15) is 9.59 Å². The van der Waals surface area contributed by atoms with Crippen molar-refractivity contribution in [3.8, 4) is 0 Å². The van der Waals surface area contributed by atoms with Crippen LogP contribution in [-0.2, 0) is 4.79 Å². The van der Waals surface area contributed by atoms with Gasteiger partial charge >= 0.3 is 0 Å². The minimum Gasteiger partial charge on any atom is -0.348 e. The number of nitrogens with zero attached hydrogens (tertiary/aromatic N) is 1. The van der Waals surface area contributed by atoms with E-state index in [0.29, 0.717) is 13.0 Å². The highest BCUT2D eigenvalue weighted by molar-refractivity contribution is 7.12. The van der Waals surface area contributed by atoms with Gasteiger partial charge in [-0.05, 0) is 11.4 Å². The lowest BCUT2D eigenvalue weighted by Gasteiger charge is -2.07. The van der Waals surface area contributed by atoms with Crippen molar-refractivity contribution in [1.82, 2.24) is 4.90 Å². The Morgan fingerprint density at radius 3 is 3.00 bits per heavy atom. The van der Waals surface area contributed by atoms with Crippen molar-refractivity contribution in [3.63, 3.8) is 0 Å². The van der Waals surface area contributed by atoms with Crippen molar-refractivity contribution >= 4 is 23.5 Å². The third-order valence-electron chi connectivity index (χ3n) is 1.67. The van der Waals surface area contributed by atoms with E-state index >= 15 is 0 Å². The van der Waals surface area contributed by atoms with Crippen molar-refractivity contribution in [2.75, 3.05) is 13.6 Å². The number of amides is 1. The van der Waals surface area contributed by atoms with Gasteiger partial charge in [-0.2, -0.15) is 0 Å². The molecule has 0 saturated carbocycles. The highest BCUT2D eigenvalue weighted by atomic mass is 32.1. The van der Waals surface area contributed by atoms with Crippen LogP contribution in [0.4, 0.5) is 0 Å². The lowest BCUT2D eigenvalue weighted by atomic mass is 10.2. The maximum Gasteiger partial charge on any atom is 0.209 e. The predicted molar refractivity (Wildman–Crippen MR) is 52.0 cm³/mol. The van der Waals surface area contributed by atoms with Crippen LogP contribution in [0.3, 0.4) is 0 Å². The van der Waals surface area contributed by atoms with Crippen LogP contribution < -0.4 is 0 Å². The molecule has 70 valence electrons. The molecule has 1 aromatic rings. The summed E-state index contributed by atoms with van der Waals surface area (Å²) in [6.45, 7) is 0.486. The fourth-order valence-corrected chi connectivity index (χ4v) is 1.59. The van der Waals surface area contributed by atoms with Crippen molar-refractivity contribution in [2.45, 2.75) is 6.42 Å². The largest absolute Gasteiger partial charge is 0.348 e. The molecule has 0 radical (unpaired) electrons. The van der Waals surface area contributed by atoms with Crippen LogP contribution >= 0.6 is 11.3 Å². The Morgan fingerprint density at radius 1 is 1.69 bits per heavy atom. The Hall–Kier alpha value is -1.16. The molecule has 13 heavy (non-hydrogen) atoms. The minimum absolute atomic E-state index is 0.101. The topological polar surface area (TPSA) is 37.4 Å². The summed E-state index contributed by atoms with van der Waals surface area (Å²) in [6, 6.07) is 3.65. The van der Waals surface area contributed by atoms with Gasteiger partial charge in [0.15, 0.2) is 5.78 Å². The summed E-state index contributed by atoms with van der Waals surface area (Å²) < 4.78 is 0. The van der Waals surface area contributed by atoms with Gasteiger partial charge in [0, 0.05) is 20.0 Å². The van der Waals surface area contributed by atoms with Gasteiger partial charge in [-0.1, -0.05) is 6.07 Å². The summed E-state index contributed by atoms with van der Waals surface area (Å²) in [5, 5.41) is 1.87. The first-order valence-electron chi connectivity index (χ1n) is 3.96. The molecule has 0 N–H and O–H groups in total. The van der Waals surface area contributed by atoms with E-state index in [-0.39, 0.29) is 5.78 Å². The third-order valence-corrected chi connectivity index (χ3v) is 2.58. The van der Waals surface area contributed by atoms with E-state index in [2.05, 4.69) is 0 Å². The molecule has 0 spiro atoms. The number of hydrogen-bond acceptors (Lipinski definition) is 3. The fraction of sp³-hybridized carbons (Fsp3) is 0.333. The van der Waals surface area contributed by atoms with E-state index in [1.54, 1.807) is 13.1 Å². The number of carbonyl (C=O) groups is 2. The SMILES string of the molecule is CN(C=O)CCC(=O)c1cccs1. The minimum atomic E-state index is 0.101. The molecule has 0 fully saturated rings. The molecule has 1 heterocycles. The normalized spacial score (nSPS) is 9.62. The predicted octanol–water partition coefficient (Wildman–Crippen LogP) is 1.41. The van der Waals surface area contributed by atoms with E-state index in [4.69, 9.17) is 0 Å². The second kappa shape index (κ2) is 4.77. The summed E-state index contributed by atoms with van der Waals surface area (Å²) >= 11 is 1.43. The average Bonchev–Trinajstić information content (AvgIpc) is 2.66. The molecule has 0 bridgehead atoms. The number of thiophene rings is 1. The van der Waals surface area contributed by atoms with Crippen LogP contribution in [0.1, 0.15) is 16.1 Å². The van der Waals surface area contributed by atoms with Crippen LogP contribution in [0.25, 0.3) is 0 Å². The molecule has 0 atom stereocenters. The van der Waals surface area contributed by atoms with Gasteiger partial charge in [-0.25, -0.2) is 0 Å². The smallest absolute Gasteiger partial charge is 0.209 e. The average molecular weight is 197 g/mol. The van der Waals surface area contributed by atoms with Gasteiger partial charge in [0.2, 0.25) is 6.41 Å². The first kappa shape index (κ1) is 9.92. The Bertz CT molecular complexity index is 282. The molecule has 1 rings (SSSR count). The fourth-order valence-electron chi connectivity index (χ4n) is 0.891. The maximum absolute atomic E-state index is 11.4. The Balaban J connectivity index is 2.39. The molecule has 0 unspecified atom stereocenters. The number of Topliss-reactive ketones (excluding diaryl/α,β-unsaturated/α-hetero) is 1. The summed E-state index contributed by atoms with van der Waals surface area (Å²) in [6.07, 6.45) is 1.12. The van der Waals surface area contributed by atoms with Gasteiger partial charge < -0.3 is 4.90 Å². The van der Waals surface area contributed by atoms with Gasteiger partial charge in [-0.3, -0.25) is 9.59 Å². The second-order valence-corrected chi connectivity index (χ2v) is 3.68. The zero-order chi connectivity index (χ0) is 9.68. The van der Waals surface area contributed by atoms with Crippen molar-refractivity contribution < 1.29 is 9.59 Å². The van der Waals surface area contributed by atoms with Crippen LogP contribution in [0, 0.1) is 0 Å². The Morgan fingerprint density at radius 2 is 2.46 bits per heavy atom. The lowest BCUT2D eigenvalue weighted by Crippen LogP contribution is -2.19. The van der Waals surface area contributed by atoms with Gasteiger partial charge in [0.05, 0.1) is 4.88 Å². The molecule has 3 nitrogen and oxygen atoms in total. The summed E-state index contributed by atoms with van der Waals surface area (Å²) in [7, 11) is 1.66. The van der Waals surface area contributed by atoms with Gasteiger partial charge in [-0.15, -0.1) is 11.3 Å². The molecule has 0 aliphatic heterocycles. The Labute approximate surface area is 81.0 Å². The van der Waals surface area contributed by atoms with E-state index in [1.807, 2.05) is 11.4 Å². The van der Waals surface area contributed by atoms with Crippen LogP contribution in [0.15, 0.2) is 17.5 Å². The number of carbonyl (C=O) groups excluding carboxylic acids is 2. The van der Waals surface area contributed by atoms with Crippen LogP contribution in [-0.4, -0.2) is 30.7 Å². The van der Waals surface area contributed by atoms with Crippen LogP contribution in [0.5, 0.6) is 0 Å². The summed E-state index contributed by atoms with van der Waals surface area (Å²) in [5.74, 6) is 0.101. The monoisotopic (exact) mass is 197 g/mol. The molecule has 0 aliphatic carbocycles. The van der Waals surface area contributed by atoms with Crippen molar-refractivity contribution in [3.05, 3.63) is 22.4 Å². The molecule has 1 amide bonds. The molecule has 4 heteroatoms. The molecule has 0 aromatic carbocycles. The van der Waals surface area contributed by atoms with E-state index in [1.165, 1.54) is 16.2 Å². The molecule has 0 aliphatic rings. The maximum atomic E-state index is 11.4. The molecule has 0 saturated heterocycles. The number of hydrogen-bond donors (Lipinski definition) is 0. The zero-order valence-electron chi connectivity index (χ0n) is 7.40. The van der Waals surface area contributed by atoms with Gasteiger partial charge in [0.25, 0.3) is 0 Å². The quantitative estimate of drug-likeness (QED) is 0.528. The lowest BCUT2D eigenvalue weighted by molar-refractivity contribution is -0.116. The molecular weight excluding hydrogens is 186 g/mol.